The van der Waals surface area contributed by atoms with E-state index in [-0.39, 0.29) is 0 Å². The number of aromatic nitrogens is 6. The van der Waals surface area contributed by atoms with E-state index < -0.39 is 0 Å². The van der Waals surface area contributed by atoms with Crippen LogP contribution in [0.1, 0.15) is 16.7 Å². The van der Waals surface area contributed by atoms with Crippen molar-refractivity contribution >= 4 is 16.7 Å². The first-order chi connectivity index (χ1) is 13.7. The second-order valence-corrected chi connectivity index (χ2v) is 6.84. The number of aryl methyl sites for hydroxylation is 2. The monoisotopic (exact) mass is 370 g/mol. The Balaban J connectivity index is 1.44. The van der Waals surface area contributed by atoms with Crippen LogP contribution < -0.4 is 4.74 Å². The van der Waals surface area contributed by atoms with Crippen molar-refractivity contribution in [1.29, 1.82) is 0 Å². The van der Waals surface area contributed by atoms with Gasteiger partial charge in [-0.05, 0) is 37.1 Å². The summed E-state index contributed by atoms with van der Waals surface area (Å²) in [6.07, 6.45) is 3.35. The highest BCUT2D eigenvalue weighted by molar-refractivity contribution is 5.88. The summed E-state index contributed by atoms with van der Waals surface area (Å²) < 4.78 is 7.68. The van der Waals surface area contributed by atoms with Crippen LogP contribution in [0.3, 0.4) is 0 Å². The molecule has 0 atom stereocenters. The van der Waals surface area contributed by atoms with Crippen molar-refractivity contribution in [1.82, 2.24) is 29.8 Å². The zero-order chi connectivity index (χ0) is 19.1. The van der Waals surface area contributed by atoms with Crippen LogP contribution in [0, 0.1) is 13.8 Å². The summed E-state index contributed by atoms with van der Waals surface area (Å²) in [7, 11) is 0. The van der Waals surface area contributed by atoms with E-state index in [0.717, 1.165) is 33.5 Å². The number of aromatic amines is 1. The van der Waals surface area contributed by atoms with Crippen LogP contribution in [0.25, 0.3) is 28.1 Å². The molecule has 0 aliphatic rings. The van der Waals surface area contributed by atoms with Crippen LogP contribution in [-0.2, 0) is 6.61 Å². The van der Waals surface area contributed by atoms with E-state index in [1.807, 2.05) is 24.3 Å². The summed E-state index contributed by atoms with van der Waals surface area (Å²) >= 11 is 0. The number of hydrogen-bond acceptors (Lipinski definition) is 5. The van der Waals surface area contributed by atoms with Crippen molar-refractivity contribution in [2.45, 2.75) is 20.5 Å². The first-order valence-corrected chi connectivity index (χ1v) is 9.01. The molecule has 0 saturated heterocycles. The molecule has 5 aromatic rings. The van der Waals surface area contributed by atoms with E-state index in [4.69, 9.17) is 4.74 Å². The van der Waals surface area contributed by atoms with Crippen molar-refractivity contribution in [3.8, 4) is 17.1 Å². The van der Waals surface area contributed by atoms with E-state index in [2.05, 4.69) is 57.3 Å². The van der Waals surface area contributed by atoms with E-state index >= 15 is 0 Å². The van der Waals surface area contributed by atoms with Crippen molar-refractivity contribution < 1.29 is 4.74 Å². The Morgan fingerprint density at radius 3 is 2.93 bits per heavy atom. The number of H-pyrrole nitrogens is 1. The Hall–Kier alpha value is -3.74. The van der Waals surface area contributed by atoms with Gasteiger partial charge in [-0.3, -0.25) is 5.10 Å². The lowest BCUT2D eigenvalue weighted by molar-refractivity contribution is 0.304. The number of rotatable bonds is 4. The average molecular weight is 370 g/mol. The summed E-state index contributed by atoms with van der Waals surface area (Å²) in [5.74, 6) is 1.54. The highest BCUT2D eigenvalue weighted by Crippen LogP contribution is 2.23. The van der Waals surface area contributed by atoms with Gasteiger partial charge in [-0.15, -0.1) is 5.10 Å². The average Bonchev–Trinajstić information content (AvgIpc) is 3.34. The topological polar surface area (TPSA) is 81.0 Å². The van der Waals surface area contributed by atoms with Gasteiger partial charge in [-0.2, -0.15) is 5.10 Å². The number of hydrogen-bond donors (Lipinski definition) is 1. The van der Waals surface area contributed by atoms with Crippen LogP contribution in [0.15, 0.2) is 55.0 Å². The lowest BCUT2D eigenvalue weighted by atomic mass is 10.1. The zero-order valence-corrected chi connectivity index (χ0v) is 15.5. The molecule has 0 fully saturated rings. The van der Waals surface area contributed by atoms with E-state index in [0.29, 0.717) is 18.1 Å². The van der Waals surface area contributed by atoms with Crippen LogP contribution in [0.4, 0.5) is 0 Å². The highest BCUT2D eigenvalue weighted by Gasteiger charge is 2.11. The van der Waals surface area contributed by atoms with Crippen molar-refractivity contribution in [3.63, 3.8) is 0 Å². The van der Waals surface area contributed by atoms with Gasteiger partial charge in [0.15, 0.2) is 17.1 Å². The summed E-state index contributed by atoms with van der Waals surface area (Å²) in [6.45, 7) is 4.62. The molecule has 2 aromatic carbocycles. The van der Waals surface area contributed by atoms with Crippen LogP contribution in [-0.4, -0.2) is 29.8 Å². The molecule has 0 radical (unpaired) electrons. The molecule has 7 nitrogen and oxygen atoms in total. The maximum atomic E-state index is 6.01. The Kier molecular flexibility index (Phi) is 3.79. The maximum absolute atomic E-state index is 6.01. The first kappa shape index (κ1) is 16.4. The fourth-order valence-corrected chi connectivity index (χ4v) is 3.29. The third-order valence-electron chi connectivity index (χ3n) is 4.70. The number of fused-ring (bicyclic) bond motifs is 3. The van der Waals surface area contributed by atoms with E-state index in [9.17, 15) is 0 Å². The van der Waals surface area contributed by atoms with Crippen molar-refractivity contribution in [2.24, 2.45) is 0 Å². The van der Waals surface area contributed by atoms with Gasteiger partial charge in [0.25, 0.3) is 0 Å². The van der Waals surface area contributed by atoms with Gasteiger partial charge in [0, 0.05) is 5.56 Å². The summed E-state index contributed by atoms with van der Waals surface area (Å²) in [6, 6.07) is 14.3. The minimum Gasteiger partial charge on any atom is -0.489 e. The molecule has 5 rings (SSSR count). The van der Waals surface area contributed by atoms with Crippen LogP contribution in [0.2, 0.25) is 0 Å². The predicted octanol–water partition coefficient (Wildman–Crippen LogP) is 3.86. The summed E-state index contributed by atoms with van der Waals surface area (Å²) in [5, 5.41) is 12.3. The van der Waals surface area contributed by atoms with E-state index in [1.165, 1.54) is 5.56 Å². The minimum absolute atomic E-state index is 0.485. The largest absolute Gasteiger partial charge is 0.489 e. The van der Waals surface area contributed by atoms with Crippen LogP contribution in [0.5, 0.6) is 5.75 Å². The Morgan fingerprint density at radius 1 is 1.11 bits per heavy atom. The van der Waals surface area contributed by atoms with Gasteiger partial charge in [0.2, 0.25) is 0 Å². The Bertz CT molecular complexity index is 1300. The Labute approximate surface area is 161 Å². The second kappa shape index (κ2) is 6.45. The molecular weight excluding hydrogens is 352 g/mol. The molecule has 3 aromatic heterocycles. The second-order valence-electron chi connectivity index (χ2n) is 6.84. The fraction of sp³-hybridized carbons (Fsp3) is 0.143. The molecule has 0 spiro atoms. The Morgan fingerprint density at radius 2 is 2.04 bits per heavy atom. The molecule has 0 saturated carbocycles. The van der Waals surface area contributed by atoms with Gasteiger partial charge in [-0.25, -0.2) is 14.5 Å². The van der Waals surface area contributed by atoms with Gasteiger partial charge >= 0.3 is 0 Å². The molecule has 7 heteroatoms. The molecule has 3 heterocycles. The highest BCUT2D eigenvalue weighted by atomic mass is 16.5. The van der Waals surface area contributed by atoms with Gasteiger partial charge < -0.3 is 4.74 Å². The van der Waals surface area contributed by atoms with Crippen molar-refractivity contribution in [3.05, 3.63) is 71.7 Å². The SMILES string of the molecule is Cc1ccc(OCc2cccc(-c3nc4c5cn[nH]c5ncn4n3)c2)c(C)c1. The number of nitrogens with one attached hydrogen (secondary N) is 1. The zero-order valence-electron chi connectivity index (χ0n) is 15.5. The molecule has 138 valence electrons. The smallest absolute Gasteiger partial charge is 0.182 e. The maximum Gasteiger partial charge on any atom is 0.182 e. The number of benzene rings is 2. The van der Waals surface area contributed by atoms with Crippen LogP contribution >= 0.6 is 0 Å². The third kappa shape index (κ3) is 2.87. The fourth-order valence-electron chi connectivity index (χ4n) is 3.29. The number of nitrogens with zero attached hydrogens (tertiary/aromatic N) is 5. The standard InChI is InChI=1S/C21H18N6O/c1-13-6-7-18(14(2)8-13)28-11-15-4-3-5-16(9-15)19-24-21-17-10-23-25-20(17)22-12-27(21)26-19/h3-10,12H,11H2,1-2H3,(H,23,25). The normalized spacial score (nSPS) is 11.4. The van der Waals surface area contributed by atoms with Crippen molar-refractivity contribution in [2.75, 3.05) is 0 Å². The molecule has 0 aliphatic carbocycles. The van der Waals surface area contributed by atoms with Gasteiger partial charge in [0.1, 0.15) is 18.7 Å². The molecule has 1 N–H and O–H groups in total. The quantitative estimate of drug-likeness (QED) is 0.519. The summed E-state index contributed by atoms with van der Waals surface area (Å²) in [4.78, 5) is 8.97. The molecule has 0 unspecified atom stereocenters. The first-order valence-electron chi connectivity index (χ1n) is 9.01. The third-order valence-corrected chi connectivity index (χ3v) is 4.70. The number of ether oxygens (including phenoxy) is 1. The molecule has 28 heavy (non-hydrogen) atoms. The molecule has 0 amide bonds. The molecule has 0 aliphatic heterocycles. The summed E-state index contributed by atoms with van der Waals surface area (Å²) in [5.41, 5.74) is 5.78. The lowest BCUT2D eigenvalue weighted by Gasteiger charge is -2.10. The van der Waals surface area contributed by atoms with E-state index in [1.54, 1.807) is 17.0 Å². The lowest BCUT2D eigenvalue weighted by Crippen LogP contribution is -1.97. The van der Waals surface area contributed by atoms with Gasteiger partial charge in [-0.1, -0.05) is 35.9 Å². The molecule has 0 bridgehead atoms. The minimum atomic E-state index is 0.485. The molecular formula is C21H18N6O. The predicted molar refractivity (Wildman–Crippen MR) is 106 cm³/mol. The van der Waals surface area contributed by atoms with Gasteiger partial charge in [0.05, 0.1) is 11.6 Å².